The molecule has 3 nitrogen and oxygen atoms in total. The minimum atomic E-state index is 0.321. The third-order valence-corrected chi connectivity index (χ3v) is 4.92. The standard InChI is InChI=1S/C10H12ClN3S2/c1-5(12-3)8-6(2)14-10(16-8)9-13-4-7(11)15-9/h4-5,12H,1-3H3. The molecule has 1 unspecified atom stereocenters. The van der Waals surface area contributed by atoms with Crippen LogP contribution in [0.15, 0.2) is 6.20 Å². The van der Waals surface area contributed by atoms with Gasteiger partial charge in [0.25, 0.3) is 0 Å². The van der Waals surface area contributed by atoms with Crippen LogP contribution in [0.5, 0.6) is 0 Å². The summed E-state index contributed by atoms with van der Waals surface area (Å²) in [7, 11) is 1.95. The monoisotopic (exact) mass is 273 g/mol. The lowest BCUT2D eigenvalue weighted by atomic mass is 10.2. The maximum atomic E-state index is 5.87. The van der Waals surface area contributed by atoms with Gasteiger partial charge in [0.2, 0.25) is 0 Å². The highest BCUT2D eigenvalue weighted by molar-refractivity contribution is 7.23. The molecule has 0 aliphatic carbocycles. The number of aryl methyl sites for hydroxylation is 1. The molecule has 0 aromatic carbocycles. The first-order valence-electron chi connectivity index (χ1n) is 4.88. The zero-order valence-corrected chi connectivity index (χ0v) is 11.6. The molecule has 0 saturated heterocycles. The second-order valence-corrected chi connectivity index (χ2v) is 6.14. The van der Waals surface area contributed by atoms with Crippen molar-refractivity contribution in [3.05, 3.63) is 21.1 Å². The second kappa shape index (κ2) is 4.79. The Morgan fingerprint density at radius 3 is 2.69 bits per heavy atom. The van der Waals surface area contributed by atoms with Crippen LogP contribution in [0.3, 0.4) is 0 Å². The predicted octanol–water partition coefficient (Wildman–Crippen LogP) is 3.51. The quantitative estimate of drug-likeness (QED) is 0.930. The summed E-state index contributed by atoms with van der Waals surface area (Å²) < 4.78 is 0.700. The third-order valence-electron chi connectivity index (χ3n) is 2.32. The molecule has 0 aliphatic rings. The summed E-state index contributed by atoms with van der Waals surface area (Å²) in [6, 6.07) is 0.321. The summed E-state index contributed by atoms with van der Waals surface area (Å²) in [6.07, 6.45) is 1.67. The molecule has 2 rings (SSSR count). The fraction of sp³-hybridized carbons (Fsp3) is 0.400. The number of aromatic nitrogens is 2. The summed E-state index contributed by atoms with van der Waals surface area (Å²) in [5.41, 5.74) is 1.06. The van der Waals surface area contributed by atoms with E-state index in [9.17, 15) is 0 Å². The molecule has 2 heterocycles. The van der Waals surface area contributed by atoms with Crippen molar-refractivity contribution in [2.75, 3.05) is 7.05 Å². The fourth-order valence-corrected chi connectivity index (χ4v) is 3.45. The van der Waals surface area contributed by atoms with Gasteiger partial charge in [0.05, 0.1) is 11.9 Å². The van der Waals surface area contributed by atoms with E-state index >= 15 is 0 Å². The summed E-state index contributed by atoms with van der Waals surface area (Å²) in [5, 5.41) is 5.07. The number of rotatable bonds is 3. The maximum absolute atomic E-state index is 5.87. The van der Waals surface area contributed by atoms with Gasteiger partial charge in [-0.05, 0) is 20.9 Å². The molecule has 0 radical (unpaired) electrons. The molecule has 0 aliphatic heterocycles. The molecule has 0 saturated carbocycles. The highest BCUT2D eigenvalue weighted by Gasteiger charge is 2.15. The van der Waals surface area contributed by atoms with Crippen LogP contribution in [-0.2, 0) is 0 Å². The first-order valence-corrected chi connectivity index (χ1v) is 6.89. The molecule has 1 N–H and O–H groups in total. The molecule has 2 aromatic heterocycles. The van der Waals surface area contributed by atoms with Crippen molar-refractivity contribution >= 4 is 34.3 Å². The van der Waals surface area contributed by atoms with Gasteiger partial charge in [-0.1, -0.05) is 22.9 Å². The van der Waals surface area contributed by atoms with Gasteiger partial charge >= 0.3 is 0 Å². The Balaban J connectivity index is 2.37. The number of thiazole rings is 2. The van der Waals surface area contributed by atoms with Crippen LogP contribution in [0.2, 0.25) is 4.34 Å². The molecule has 0 amide bonds. The van der Waals surface area contributed by atoms with Crippen molar-refractivity contribution < 1.29 is 0 Å². The van der Waals surface area contributed by atoms with Crippen molar-refractivity contribution in [2.24, 2.45) is 0 Å². The van der Waals surface area contributed by atoms with Gasteiger partial charge in [-0.2, -0.15) is 0 Å². The van der Waals surface area contributed by atoms with E-state index < -0.39 is 0 Å². The number of hydrogen-bond donors (Lipinski definition) is 1. The molecule has 0 spiro atoms. The van der Waals surface area contributed by atoms with E-state index in [0.29, 0.717) is 10.4 Å². The largest absolute Gasteiger partial charge is 0.312 e. The van der Waals surface area contributed by atoms with Gasteiger partial charge in [-0.25, -0.2) is 9.97 Å². The van der Waals surface area contributed by atoms with Crippen molar-refractivity contribution in [1.29, 1.82) is 0 Å². The van der Waals surface area contributed by atoms with E-state index in [1.165, 1.54) is 16.2 Å². The average molecular weight is 274 g/mol. The van der Waals surface area contributed by atoms with Crippen LogP contribution < -0.4 is 5.32 Å². The first-order chi connectivity index (χ1) is 7.61. The van der Waals surface area contributed by atoms with Crippen LogP contribution in [0, 0.1) is 6.92 Å². The number of nitrogens with one attached hydrogen (secondary N) is 1. The van der Waals surface area contributed by atoms with Crippen LogP contribution in [0.4, 0.5) is 0 Å². The molecular weight excluding hydrogens is 262 g/mol. The minimum absolute atomic E-state index is 0.321. The predicted molar refractivity (Wildman–Crippen MR) is 70.4 cm³/mol. The Morgan fingerprint density at radius 2 is 2.12 bits per heavy atom. The Bertz CT molecular complexity index is 492. The number of hydrogen-bond acceptors (Lipinski definition) is 5. The zero-order chi connectivity index (χ0) is 11.7. The van der Waals surface area contributed by atoms with E-state index in [4.69, 9.17) is 11.6 Å². The zero-order valence-electron chi connectivity index (χ0n) is 9.24. The minimum Gasteiger partial charge on any atom is -0.312 e. The Hall–Kier alpha value is -0.490. The second-order valence-electron chi connectivity index (χ2n) is 3.45. The Kier molecular flexibility index (Phi) is 3.59. The fourth-order valence-electron chi connectivity index (χ4n) is 1.39. The van der Waals surface area contributed by atoms with E-state index in [1.54, 1.807) is 17.5 Å². The maximum Gasteiger partial charge on any atom is 0.153 e. The number of nitrogens with zero attached hydrogens (tertiary/aromatic N) is 2. The van der Waals surface area contributed by atoms with E-state index in [0.717, 1.165) is 15.7 Å². The third kappa shape index (κ3) is 2.27. The average Bonchev–Trinajstić information content (AvgIpc) is 2.83. The van der Waals surface area contributed by atoms with E-state index in [1.807, 2.05) is 14.0 Å². The highest BCUT2D eigenvalue weighted by atomic mass is 35.5. The van der Waals surface area contributed by atoms with Crippen molar-refractivity contribution in [3.63, 3.8) is 0 Å². The van der Waals surface area contributed by atoms with Gasteiger partial charge in [-0.3, -0.25) is 0 Å². The van der Waals surface area contributed by atoms with E-state index in [-0.39, 0.29) is 0 Å². The van der Waals surface area contributed by atoms with Crippen LogP contribution in [0.25, 0.3) is 10.0 Å². The Labute approximate surface area is 108 Å². The van der Waals surface area contributed by atoms with Gasteiger partial charge in [0.15, 0.2) is 10.0 Å². The summed E-state index contributed by atoms with van der Waals surface area (Å²) >= 11 is 9.01. The number of halogens is 1. The molecule has 2 aromatic rings. The molecule has 0 bridgehead atoms. The van der Waals surface area contributed by atoms with Crippen molar-refractivity contribution in [3.8, 4) is 10.0 Å². The lowest BCUT2D eigenvalue weighted by Crippen LogP contribution is -2.11. The molecule has 0 fully saturated rings. The first kappa shape index (κ1) is 12.0. The summed E-state index contributed by atoms with van der Waals surface area (Å²) in [5.74, 6) is 0. The van der Waals surface area contributed by atoms with Crippen molar-refractivity contribution in [2.45, 2.75) is 19.9 Å². The summed E-state index contributed by atoms with van der Waals surface area (Å²) in [6.45, 7) is 4.15. The van der Waals surface area contributed by atoms with Gasteiger partial charge in [0.1, 0.15) is 4.34 Å². The molecule has 86 valence electrons. The lowest BCUT2D eigenvalue weighted by molar-refractivity contribution is 0.658. The normalized spacial score (nSPS) is 13.0. The highest BCUT2D eigenvalue weighted by Crippen LogP contribution is 2.34. The van der Waals surface area contributed by atoms with Gasteiger partial charge in [-0.15, -0.1) is 11.3 Å². The van der Waals surface area contributed by atoms with Crippen LogP contribution in [0.1, 0.15) is 23.5 Å². The van der Waals surface area contributed by atoms with Gasteiger partial charge in [0, 0.05) is 10.9 Å². The molecular formula is C10H12ClN3S2. The molecule has 6 heteroatoms. The molecule has 16 heavy (non-hydrogen) atoms. The van der Waals surface area contributed by atoms with Crippen LogP contribution >= 0.6 is 34.3 Å². The van der Waals surface area contributed by atoms with Crippen LogP contribution in [-0.4, -0.2) is 17.0 Å². The SMILES string of the molecule is CNC(C)c1sc(-c2ncc(Cl)s2)nc1C. The van der Waals surface area contributed by atoms with Gasteiger partial charge < -0.3 is 5.32 Å². The topological polar surface area (TPSA) is 37.8 Å². The Morgan fingerprint density at radius 1 is 1.38 bits per heavy atom. The van der Waals surface area contributed by atoms with Crippen molar-refractivity contribution in [1.82, 2.24) is 15.3 Å². The smallest absolute Gasteiger partial charge is 0.153 e. The van der Waals surface area contributed by atoms with E-state index in [2.05, 4.69) is 22.2 Å². The molecule has 1 atom stereocenters. The summed E-state index contributed by atoms with van der Waals surface area (Å²) in [4.78, 5) is 10.0. The lowest BCUT2D eigenvalue weighted by Gasteiger charge is -2.06.